The lowest BCUT2D eigenvalue weighted by atomic mass is 10.1. The first kappa shape index (κ1) is 14.5. The Morgan fingerprint density at radius 2 is 1.81 bits per heavy atom. The molecule has 6 nitrogen and oxygen atoms in total. The number of nitrogen functional groups attached to an aromatic ring is 1. The summed E-state index contributed by atoms with van der Waals surface area (Å²) >= 11 is 0. The van der Waals surface area contributed by atoms with Gasteiger partial charge in [0.15, 0.2) is 0 Å². The molecule has 0 radical (unpaired) electrons. The Hall–Kier alpha value is -2.89. The minimum Gasteiger partial charge on any atom is -0.393 e. The molecule has 0 bridgehead atoms. The molecule has 0 aliphatic rings. The molecule has 2 rings (SSSR count). The molecule has 0 spiro atoms. The van der Waals surface area contributed by atoms with Gasteiger partial charge in [-0.15, -0.1) is 0 Å². The summed E-state index contributed by atoms with van der Waals surface area (Å²) in [5, 5.41) is 13.6. The molecule has 0 unspecified atom stereocenters. The molecule has 0 saturated carbocycles. The summed E-state index contributed by atoms with van der Waals surface area (Å²) in [6, 6.07) is 9.66. The number of hydrogen-bond acceptors (Lipinski definition) is 4. The van der Waals surface area contributed by atoms with Gasteiger partial charge in [-0.3, -0.25) is 14.9 Å². The van der Waals surface area contributed by atoms with Gasteiger partial charge in [-0.2, -0.15) is 0 Å². The van der Waals surface area contributed by atoms with Crippen molar-refractivity contribution >= 4 is 23.0 Å². The first-order chi connectivity index (χ1) is 9.90. The van der Waals surface area contributed by atoms with Crippen molar-refractivity contribution in [1.82, 2.24) is 0 Å². The summed E-state index contributed by atoms with van der Waals surface area (Å²) in [5.74, 6) is -0.407. The summed E-state index contributed by atoms with van der Waals surface area (Å²) in [6.07, 6.45) is 0. The number of hydrogen-bond donors (Lipinski definition) is 2. The fraction of sp³-hybridized carbons (Fsp3) is 0.133. The molecule has 0 heterocycles. The Morgan fingerprint density at radius 3 is 2.38 bits per heavy atom. The average Bonchev–Trinajstić information content (AvgIpc) is 2.43. The second-order valence-corrected chi connectivity index (χ2v) is 4.75. The molecule has 0 saturated heterocycles. The van der Waals surface area contributed by atoms with Crippen molar-refractivity contribution in [3.8, 4) is 0 Å². The number of nitro groups is 1. The number of carbonyl (C=O) groups is 1. The van der Waals surface area contributed by atoms with E-state index in [-0.39, 0.29) is 16.9 Å². The van der Waals surface area contributed by atoms with Crippen LogP contribution in [0.1, 0.15) is 21.5 Å². The van der Waals surface area contributed by atoms with Gasteiger partial charge in [-0.25, -0.2) is 0 Å². The van der Waals surface area contributed by atoms with E-state index in [1.807, 2.05) is 32.0 Å². The number of nitro benzene ring substituents is 1. The third kappa shape index (κ3) is 3.00. The van der Waals surface area contributed by atoms with Crippen LogP contribution in [-0.4, -0.2) is 10.8 Å². The monoisotopic (exact) mass is 285 g/mol. The first-order valence-electron chi connectivity index (χ1n) is 6.31. The van der Waals surface area contributed by atoms with Crippen LogP contribution in [0.3, 0.4) is 0 Å². The van der Waals surface area contributed by atoms with E-state index < -0.39 is 10.8 Å². The molecule has 2 aromatic carbocycles. The van der Waals surface area contributed by atoms with Crippen molar-refractivity contribution in [2.45, 2.75) is 13.8 Å². The minimum absolute atomic E-state index is 0.0311. The van der Waals surface area contributed by atoms with Crippen LogP contribution in [0, 0.1) is 24.0 Å². The number of nitrogens with two attached hydrogens (primary N) is 1. The topological polar surface area (TPSA) is 98.3 Å². The van der Waals surface area contributed by atoms with Crippen LogP contribution in [0.4, 0.5) is 17.1 Å². The number of nitrogens with one attached hydrogen (secondary N) is 1. The molecule has 108 valence electrons. The van der Waals surface area contributed by atoms with Gasteiger partial charge < -0.3 is 11.1 Å². The number of benzene rings is 2. The van der Waals surface area contributed by atoms with Crippen LogP contribution in [0.5, 0.6) is 0 Å². The van der Waals surface area contributed by atoms with Crippen LogP contribution in [0.2, 0.25) is 0 Å². The lowest BCUT2D eigenvalue weighted by Gasteiger charge is -2.11. The highest BCUT2D eigenvalue weighted by atomic mass is 16.6. The van der Waals surface area contributed by atoms with Crippen molar-refractivity contribution in [2.24, 2.45) is 0 Å². The van der Waals surface area contributed by atoms with Gasteiger partial charge in [0.2, 0.25) is 0 Å². The number of rotatable bonds is 3. The van der Waals surface area contributed by atoms with Crippen LogP contribution in [-0.2, 0) is 0 Å². The number of para-hydroxylation sites is 1. The highest BCUT2D eigenvalue weighted by Gasteiger charge is 2.16. The Bertz CT molecular complexity index is 706. The lowest BCUT2D eigenvalue weighted by molar-refractivity contribution is -0.383. The van der Waals surface area contributed by atoms with Crippen molar-refractivity contribution in [1.29, 1.82) is 0 Å². The zero-order chi connectivity index (χ0) is 15.6. The van der Waals surface area contributed by atoms with E-state index in [9.17, 15) is 14.9 Å². The number of nitrogens with zero attached hydrogens (tertiary/aromatic N) is 1. The predicted octanol–water partition coefficient (Wildman–Crippen LogP) is 3.05. The lowest BCUT2D eigenvalue weighted by Crippen LogP contribution is -2.14. The zero-order valence-electron chi connectivity index (χ0n) is 11.7. The Morgan fingerprint density at radius 1 is 1.19 bits per heavy atom. The maximum atomic E-state index is 12.2. The Balaban J connectivity index is 2.33. The highest BCUT2D eigenvalue weighted by Crippen LogP contribution is 2.24. The second-order valence-electron chi connectivity index (χ2n) is 4.75. The van der Waals surface area contributed by atoms with E-state index in [1.165, 1.54) is 18.2 Å². The van der Waals surface area contributed by atoms with Crippen molar-refractivity contribution < 1.29 is 9.72 Å². The summed E-state index contributed by atoms with van der Waals surface area (Å²) in [7, 11) is 0. The Kier molecular flexibility index (Phi) is 3.89. The van der Waals surface area contributed by atoms with Crippen LogP contribution in [0.15, 0.2) is 36.4 Å². The summed E-state index contributed by atoms with van der Waals surface area (Å²) in [6.45, 7) is 3.77. The van der Waals surface area contributed by atoms with E-state index in [4.69, 9.17) is 5.73 Å². The van der Waals surface area contributed by atoms with Crippen LogP contribution in [0.25, 0.3) is 0 Å². The molecule has 2 aromatic rings. The quantitative estimate of drug-likeness (QED) is 0.514. The SMILES string of the molecule is Cc1cccc(C)c1NC(=O)c1ccc(N)c([N+](=O)[O-])c1. The summed E-state index contributed by atoms with van der Waals surface area (Å²) < 4.78 is 0. The van der Waals surface area contributed by atoms with E-state index in [0.717, 1.165) is 11.1 Å². The largest absolute Gasteiger partial charge is 0.393 e. The zero-order valence-corrected chi connectivity index (χ0v) is 11.7. The van der Waals surface area contributed by atoms with Crippen molar-refractivity contribution in [2.75, 3.05) is 11.1 Å². The standard InChI is InChI=1S/C15H15N3O3/c1-9-4-3-5-10(2)14(9)17-15(19)11-6-7-12(16)13(8-11)18(20)21/h3-8H,16H2,1-2H3,(H,17,19). The third-order valence-electron chi connectivity index (χ3n) is 3.21. The molecular weight excluding hydrogens is 270 g/mol. The van der Waals surface area contributed by atoms with Gasteiger partial charge in [0, 0.05) is 17.3 Å². The smallest absolute Gasteiger partial charge is 0.292 e. The molecule has 0 aliphatic heterocycles. The van der Waals surface area contributed by atoms with Crippen molar-refractivity contribution in [3.05, 3.63) is 63.2 Å². The molecule has 0 aliphatic carbocycles. The van der Waals surface area contributed by atoms with Crippen molar-refractivity contribution in [3.63, 3.8) is 0 Å². The van der Waals surface area contributed by atoms with Crippen LogP contribution < -0.4 is 11.1 Å². The molecule has 0 aromatic heterocycles. The molecule has 21 heavy (non-hydrogen) atoms. The molecule has 1 amide bonds. The first-order valence-corrected chi connectivity index (χ1v) is 6.31. The number of carbonyl (C=O) groups excluding carboxylic acids is 1. The van der Waals surface area contributed by atoms with Gasteiger partial charge in [0.1, 0.15) is 5.69 Å². The molecular formula is C15H15N3O3. The fourth-order valence-corrected chi connectivity index (χ4v) is 2.04. The van der Waals surface area contributed by atoms with Gasteiger partial charge in [0.25, 0.3) is 11.6 Å². The summed E-state index contributed by atoms with van der Waals surface area (Å²) in [5.41, 5.74) is 8.03. The fourth-order valence-electron chi connectivity index (χ4n) is 2.04. The maximum Gasteiger partial charge on any atom is 0.292 e. The molecule has 6 heteroatoms. The highest BCUT2D eigenvalue weighted by molar-refractivity contribution is 6.05. The minimum atomic E-state index is -0.606. The van der Waals surface area contributed by atoms with E-state index in [2.05, 4.69) is 5.32 Å². The third-order valence-corrected chi connectivity index (χ3v) is 3.21. The molecule has 0 atom stereocenters. The predicted molar refractivity (Wildman–Crippen MR) is 81.4 cm³/mol. The Labute approximate surface area is 121 Å². The van der Waals surface area contributed by atoms with Crippen LogP contribution >= 0.6 is 0 Å². The number of aryl methyl sites for hydroxylation is 2. The summed E-state index contributed by atoms with van der Waals surface area (Å²) in [4.78, 5) is 22.5. The normalized spacial score (nSPS) is 10.2. The van der Waals surface area contributed by atoms with Gasteiger partial charge in [-0.05, 0) is 37.1 Å². The maximum absolute atomic E-state index is 12.2. The van der Waals surface area contributed by atoms with E-state index in [0.29, 0.717) is 5.69 Å². The average molecular weight is 285 g/mol. The number of anilines is 2. The van der Waals surface area contributed by atoms with Gasteiger partial charge in [0.05, 0.1) is 4.92 Å². The molecule has 0 fully saturated rings. The molecule has 3 N–H and O–H groups in total. The number of amides is 1. The van der Waals surface area contributed by atoms with Gasteiger partial charge in [-0.1, -0.05) is 18.2 Å². The van der Waals surface area contributed by atoms with Gasteiger partial charge >= 0.3 is 0 Å². The van der Waals surface area contributed by atoms with E-state index >= 15 is 0 Å². The second kappa shape index (κ2) is 5.62. The van der Waals surface area contributed by atoms with E-state index in [1.54, 1.807) is 0 Å².